The van der Waals surface area contributed by atoms with Gasteiger partial charge < -0.3 is 10.2 Å². The van der Waals surface area contributed by atoms with Gasteiger partial charge >= 0.3 is 0 Å². The third-order valence-electron chi connectivity index (χ3n) is 5.22. The molecule has 0 radical (unpaired) electrons. The lowest BCUT2D eigenvalue weighted by molar-refractivity contribution is -0.127. The van der Waals surface area contributed by atoms with Crippen molar-refractivity contribution in [2.24, 2.45) is 0 Å². The Labute approximate surface area is 184 Å². The first-order chi connectivity index (χ1) is 15.0. The SMILES string of the molecule is O=C(CN1C(=O)S/C(=C\c2ccc(N3CCCCC3)cc2)C1=O)Nc1ccc(F)cc1. The van der Waals surface area contributed by atoms with Crippen LogP contribution in [0.2, 0.25) is 0 Å². The van der Waals surface area contributed by atoms with Crippen molar-refractivity contribution >= 4 is 46.3 Å². The van der Waals surface area contributed by atoms with Gasteiger partial charge in [-0.2, -0.15) is 0 Å². The minimum Gasteiger partial charge on any atom is -0.372 e. The Balaban J connectivity index is 1.39. The molecule has 8 heteroatoms. The third kappa shape index (κ3) is 5.14. The summed E-state index contributed by atoms with van der Waals surface area (Å²) >= 11 is 0.818. The molecule has 160 valence electrons. The molecule has 31 heavy (non-hydrogen) atoms. The van der Waals surface area contributed by atoms with Gasteiger partial charge in [0.05, 0.1) is 4.91 Å². The van der Waals surface area contributed by atoms with E-state index < -0.39 is 29.4 Å². The van der Waals surface area contributed by atoms with Gasteiger partial charge in [-0.1, -0.05) is 12.1 Å². The number of carbonyl (C=O) groups is 3. The van der Waals surface area contributed by atoms with E-state index in [9.17, 15) is 18.8 Å². The van der Waals surface area contributed by atoms with Gasteiger partial charge in [-0.3, -0.25) is 19.3 Å². The first kappa shape index (κ1) is 21.1. The van der Waals surface area contributed by atoms with E-state index in [1.54, 1.807) is 6.08 Å². The van der Waals surface area contributed by atoms with Crippen molar-refractivity contribution < 1.29 is 18.8 Å². The monoisotopic (exact) mass is 439 g/mol. The Morgan fingerprint density at radius 1 is 1.00 bits per heavy atom. The van der Waals surface area contributed by atoms with Gasteiger partial charge in [0.2, 0.25) is 5.91 Å². The summed E-state index contributed by atoms with van der Waals surface area (Å²) in [6.07, 6.45) is 5.34. The Kier molecular flexibility index (Phi) is 6.36. The van der Waals surface area contributed by atoms with Crippen LogP contribution >= 0.6 is 11.8 Å². The maximum atomic E-state index is 13.0. The number of imide groups is 1. The molecule has 2 aliphatic heterocycles. The molecule has 2 aromatic carbocycles. The van der Waals surface area contributed by atoms with Crippen LogP contribution in [-0.4, -0.2) is 41.6 Å². The number of halogens is 1. The molecule has 0 aromatic heterocycles. The number of rotatable bonds is 5. The van der Waals surface area contributed by atoms with E-state index in [1.165, 1.54) is 43.5 Å². The molecule has 3 amide bonds. The molecule has 1 N–H and O–H groups in total. The summed E-state index contributed by atoms with van der Waals surface area (Å²) < 4.78 is 13.0. The van der Waals surface area contributed by atoms with Crippen LogP contribution in [-0.2, 0) is 9.59 Å². The van der Waals surface area contributed by atoms with Crippen LogP contribution in [0.25, 0.3) is 6.08 Å². The van der Waals surface area contributed by atoms with Crippen molar-refractivity contribution in [3.8, 4) is 0 Å². The van der Waals surface area contributed by atoms with Gasteiger partial charge in [-0.05, 0) is 79.1 Å². The summed E-state index contributed by atoms with van der Waals surface area (Å²) in [5, 5.41) is 2.06. The number of piperidine rings is 1. The maximum Gasteiger partial charge on any atom is 0.294 e. The summed E-state index contributed by atoms with van der Waals surface area (Å²) in [7, 11) is 0. The highest BCUT2D eigenvalue weighted by atomic mass is 32.2. The molecular weight excluding hydrogens is 417 g/mol. The fraction of sp³-hybridized carbons (Fsp3) is 0.261. The van der Waals surface area contributed by atoms with E-state index in [4.69, 9.17) is 0 Å². The minimum atomic E-state index is -0.527. The Hall–Kier alpha value is -3.13. The maximum absolute atomic E-state index is 13.0. The molecule has 2 aliphatic rings. The first-order valence-corrected chi connectivity index (χ1v) is 11.0. The van der Waals surface area contributed by atoms with Crippen LogP contribution in [0.15, 0.2) is 53.4 Å². The van der Waals surface area contributed by atoms with Crippen molar-refractivity contribution in [3.63, 3.8) is 0 Å². The van der Waals surface area contributed by atoms with E-state index >= 15 is 0 Å². The molecule has 2 aromatic rings. The lowest BCUT2D eigenvalue weighted by Crippen LogP contribution is -2.36. The molecule has 2 fully saturated rings. The van der Waals surface area contributed by atoms with Crippen LogP contribution < -0.4 is 10.2 Å². The van der Waals surface area contributed by atoms with E-state index in [1.807, 2.05) is 24.3 Å². The van der Waals surface area contributed by atoms with Gasteiger partial charge in [0.25, 0.3) is 11.1 Å². The van der Waals surface area contributed by atoms with Gasteiger partial charge in [-0.15, -0.1) is 0 Å². The normalized spacial score (nSPS) is 18.0. The Bertz CT molecular complexity index is 1020. The van der Waals surface area contributed by atoms with E-state index in [0.717, 1.165) is 41.0 Å². The van der Waals surface area contributed by atoms with Crippen LogP contribution in [0.3, 0.4) is 0 Å². The molecule has 2 saturated heterocycles. The molecule has 0 saturated carbocycles. The van der Waals surface area contributed by atoms with Crippen molar-refractivity contribution in [2.75, 3.05) is 29.9 Å². The van der Waals surface area contributed by atoms with Crippen molar-refractivity contribution in [3.05, 3.63) is 64.8 Å². The van der Waals surface area contributed by atoms with Crippen LogP contribution in [0.4, 0.5) is 20.6 Å². The second kappa shape index (κ2) is 9.34. The lowest BCUT2D eigenvalue weighted by atomic mass is 10.1. The molecule has 6 nitrogen and oxygen atoms in total. The molecule has 4 rings (SSSR count). The van der Waals surface area contributed by atoms with Crippen molar-refractivity contribution in [2.45, 2.75) is 19.3 Å². The molecule has 0 spiro atoms. The highest BCUT2D eigenvalue weighted by molar-refractivity contribution is 8.18. The van der Waals surface area contributed by atoms with Crippen LogP contribution in [0.1, 0.15) is 24.8 Å². The first-order valence-electron chi connectivity index (χ1n) is 10.2. The summed E-state index contributed by atoms with van der Waals surface area (Å²) in [6.45, 7) is 1.71. The van der Waals surface area contributed by atoms with Crippen LogP contribution in [0, 0.1) is 5.82 Å². The average Bonchev–Trinajstić information content (AvgIpc) is 3.04. The van der Waals surface area contributed by atoms with Gasteiger partial charge in [0, 0.05) is 24.5 Å². The zero-order chi connectivity index (χ0) is 21.8. The summed E-state index contributed by atoms with van der Waals surface area (Å²) in [5.74, 6) is -1.44. The predicted octanol–water partition coefficient (Wildman–Crippen LogP) is 4.49. The number of carbonyl (C=O) groups excluding carboxylic acids is 3. The summed E-state index contributed by atoms with van der Waals surface area (Å²) in [4.78, 5) is 40.7. The van der Waals surface area contributed by atoms with Crippen molar-refractivity contribution in [1.82, 2.24) is 4.90 Å². The number of anilines is 2. The molecule has 0 atom stereocenters. The second-order valence-corrected chi connectivity index (χ2v) is 8.46. The number of hydrogen-bond donors (Lipinski definition) is 1. The molecule has 2 heterocycles. The summed E-state index contributed by atoms with van der Waals surface area (Å²) in [6, 6.07) is 13.2. The van der Waals surface area contributed by atoms with Gasteiger partial charge in [0.1, 0.15) is 12.4 Å². The lowest BCUT2D eigenvalue weighted by Gasteiger charge is -2.28. The number of amides is 3. The second-order valence-electron chi connectivity index (χ2n) is 7.46. The van der Waals surface area contributed by atoms with E-state index in [0.29, 0.717) is 5.69 Å². The largest absolute Gasteiger partial charge is 0.372 e. The minimum absolute atomic E-state index is 0.283. The van der Waals surface area contributed by atoms with E-state index in [-0.39, 0.29) is 4.91 Å². The Morgan fingerprint density at radius 3 is 2.35 bits per heavy atom. The van der Waals surface area contributed by atoms with Crippen LogP contribution in [0.5, 0.6) is 0 Å². The molecule has 0 unspecified atom stereocenters. The smallest absolute Gasteiger partial charge is 0.294 e. The molecule has 0 aliphatic carbocycles. The molecular formula is C23H22FN3O3S. The number of nitrogens with zero attached hydrogens (tertiary/aromatic N) is 2. The summed E-state index contributed by atoms with van der Waals surface area (Å²) in [5.41, 5.74) is 2.37. The highest BCUT2D eigenvalue weighted by Crippen LogP contribution is 2.32. The molecule has 0 bridgehead atoms. The standard InChI is InChI=1S/C23H22FN3O3S/c24-17-6-8-18(9-7-17)25-21(28)15-27-22(29)20(31-23(27)30)14-16-4-10-19(11-5-16)26-12-2-1-3-13-26/h4-11,14H,1-3,12-13,15H2,(H,25,28)/b20-14-. The van der Waals surface area contributed by atoms with Gasteiger partial charge in [-0.25, -0.2) is 4.39 Å². The van der Waals surface area contributed by atoms with Crippen molar-refractivity contribution in [1.29, 1.82) is 0 Å². The zero-order valence-corrected chi connectivity index (χ0v) is 17.7. The number of benzene rings is 2. The van der Waals surface area contributed by atoms with Gasteiger partial charge in [0.15, 0.2) is 0 Å². The third-order valence-corrected chi connectivity index (χ3v) is 6.12. The number of thioether (sulfide) groups is 1. The van der Waals surface area contributed by atoms with E-state index in [2.05, 4.69) is 10.2 Å². The average molecular weight is 440 g/mol. The zero-order valence-electron chi connectivity index (χ0n) is 16.8. The fourth-order valence-electron chi connectivity index (χ4n) is 3.60. The predicted molar refractivity (Wildman–Crippen MR) is 120 cm³/mol. The quantitative estimate of drug-likeness (QED) is 0.695. The topological polar surface area (TPSA) is 69.7 Å². The number of hydrogen-bond acceptors (Lipinski definition) is 5. The fourth-order valence-corrected chi connectivity index (χ4v) is 4.44. The Morgan fingerprint density at radius 2 is 1.68 bits per heavy atom. The number of nitrogens with one attached hydrogen (secondary N) is 1. The highest BCUT2D eigenvalue weighted by Gasteiger charge is 2.36.